The molecule has 2 aromatic carbocycles. The van der Waals surface area contributed by atoms with Crippen molar-refractivity contribution in [2.75, 3.05) is 25.6 Å². The third kappa shape index (κ3) is 5.98. The third-order valence-corrected chi connectivity index (χ3v) is 3.16. The van der Waals surface area contributed by atoms with Gasteiger partial charge in [-0.05, 0) is 36.4 Å². The number of hydrogen-bond donors (Lipinski definition) is 2. The summed E-state index contributed by atoms with van der Waals surface area (Å²) < 4.78 is 9.79. The van der Waals surface area contributed by atoms with Crippen molar-refractivity contribution in [1.82, 2.24) is 5.32 Å². The molecule has 0 fully saturated rings. The molecule has 0 aliphatic carbocycles. The molecule has 2 aromatic rings. The lowest BCUT2D eigenvalue weighted by molar-refractivity contribution is -0.139. The molecule has 0 saturated carbocycles. The van der Waals surface area contributed by atoms with Gasteiger partial charge in [0, 0.05) is 11.3 Å². The lowest BCUT2D eigenvalue weighted by Gasteiger charge is -2.08. The number of amides is 2. The number of para-hydroxylation sites is 1. The highest BCUT2D eigenvalue weighted by atomic mass is 16.5. The lowest BCUT2D eigenvalue weighted by atomic mass is 10.2. The highest BCUT2D eigenvalue weighted by molar-refractivity contribution is 5.97. The van der Waals surface area contributed by atoms with Crippen LogP contribution < -0.4 is 15.4 Å². The molecule has 0 unspecified atom stereocenters. The van der Waals surface area contributed by atoms with Crippen LogP contribution in [0.15, 0.2) is 54.6 Å². The molecule has 0 bridgehead atoms. The summed E-state index contributed by atoms with van der Waals surface area (Å²) in [6.45, 7) is -0.323. The van der Waals surface area contributed by atoms with Crippen molar-refractivity contribution in [2.24, 2.45) is 0 Å². The molecule has 2 N–H and O–H groups in total. The summed E-state index contributed by atoms with van der Waals surface area (Å²) in [6.07, 6.45) is 0. The van der Waals surface area contributed by atoms with Crippen LogP contribution in [0, 0.1) is 0 Å². The number of benzene rings is 2. The van der Waals surface area contributed by atoms with Gasteiger partial charge in [0.1, 0.15) is 12.3 Å². The molecule has 7 heteroatoms. The highest BCUT2D eigenvalue weighted by Crippen LogP contribution is 2.11. The van der Waals surface area contributed by atoms with E-state index >= 15 is 0 Å². The number of rotatable bonds is 7. The van der Waals surface area contributed by atoms with Gasteiger partial charge in [-0.1, -0.05) is 18.2 Å². The van der Waals surface area contributed by atoms with Crippen molar-refractivity contribution in [3.8, 4) is 5.75 Å². The van der Waals surface area contributed by atoms with Gasteiger partial charge in [0.2, 0.25) is 0 Å². The number of carbonyl (C=O) groups excluding carboxylic acids is 3. The molecule has 0 atom stereocenters. The van der Waals surface area contributed by atoms with Crippen LogP contribution >= 0.6 is 0 Å². The van der Waals surface area contributed by atoms with Crippen LogP contribution in [0.25, 0.3) is 0 Å². The maximum absolute atomic E-state index is 11.8. The molecule has 0 aliphatic heterocycles. The second-order valence-corrected chi connectivity index (χ2v) is 4.99. The van der Waals surface area contributed by atoms with E-state index in [2.05, 4.69) is 15.4 Å². The molecule has 0 radical (unpaired) electrons. The minimum Gasteiger partial charge on any atom is -0.484 e. The summed E-state index contributed by atoms with van der Waals surface area (Å²) in [5, 5.41) is 5.10. The fourth-order valence-electron chi connectivity index (χ4n) is 1.89. The molecule has 0 spiro atoms. The van der Waals surface area contributed by atoms with Gasteiger partial charge in [0.15, 0.2) is 6.61 Å². The average molecular weight is 342 g/mol. The summed E-state index contributed by atoms with van der Waals surface area (Å²) in [5.74, 6) is -0.645. The fourth-order valence-corrected chi connectivity index (χ4v) is 1.89. The quantitative estimate of drug-likeness (QED) is 0.746. The first kappa shape index (κ1) is 18.0. The summed E-state index contributed by atoms with van der Waals surface area (Å²) in [5.41, 5.74) is 0.897. The second kappa shape index (κ2) is 9.07. The van der Waals surface area contributed by atoms with Gasteiger partial charge in [-0.3, -0.25) is 14.4 Å². The molecule has 130 valence electrons. The zero-order chi connectivity index (χ0) is 18.1. The Kier molecular flexibility index (Phi) is 6.53. The van der Waals surface area contributed by atoms with Crippen LogP contribution in [0.2, 0.25) is 0 Å². The van der Waals surface area contributed by atoms with Crippen molar-refractivity contribution in [3.05, 3.63) is 60.2 Å². The maximum Gasteiger partial charge on any atom is 0.325 e. The molecule has 7 nitrogen and oxygen atoms in total. The number of nitrogens with one attached hydrogen (secondary N) is 2. The van der Waals surface area contributed by atoms with Crippen LogP contribution in [-0.4, -0.2) is 38.0 Å². The van der Waals surface area contributed by atoms with Gasteiger partial charge in [0.25, 0.3) is 11.8 Å². The van der Waals surface area contributed by atoms with E-state index < -0.39 is 11.9 Å². The smallest absolute Gasteiger partial charge is 0.325 e. The first-order valence-electron chi connectivity index (χ1n) is 7.51. The largest absolute Gasteiger partial charge is 0.484 e. The topological polar surface area (TPSA) is 93.7 Å². The van der Waals surface area contributed by atoms with Crippen LogP contribution in [-0.2, 0) is 14.3 Å². The first-order valence-corrected chi connectivity index (χ1v) is 7.51. The van der Waals surface area contributed by atoms with Crippen molar-refractivity contribution in [3.63, 3.8) is 0 Å². The Morgan fingerprint density at radius 1 is 0.960 bits per heavy atom. The molecule has 0 aromatic heterocycles. The number of esters is 1. The predicted molar refractivity (Wildman–Crippen MR) is 91.4 cm³/mol. The molecule has 0 aliphatic rings. The fraction of sp³-hybridized carbons (Fsp3) is 0.167. The van der Waals surface area contributed by atoms with Gasteiger partial charge >= 0.3 is 5.97 Å². The second-order valence-electron chi connectivity index (χ2n) is 4.99. The van der Waals surface area contributed by atoms with Crippen LogP contribution in [0.4, 0.5) is 5.69 Å². The minimum atomic E-state index is -0.532. The number of methoxy groups -OCH3 is 1. The van der Waals surface area contributed by atoms with E-state index in [1.54, 1.807) is 36.4 Å². The molecular formula is C18H18N2O5. The van der Waals surface area contributed by atoms with E-state index in [4.69, 9.17) is 4.74 Å². The van der Waals surface area contributed by atoms with Gasteiger partial charge in [-0.15, -0.1) is 0 Å². The van der Waals surface area contributed by atoms with Gasteiger partial charge in [0.05, 0.1) is 7.11 Å². The van der Waals surface area contributed by atoms with Gasteiger partial charge < -0.3 is 20.1 Å². The standard InChI is InChI=1S/C18H18N2O5/c1-24-17(22)11-19-18(23)13-7-9-14(10-8-13)20-16(21)12-25-15-5-3-2-4-6-15/h2-10H,11-12H2,1H3,(H,19,23)(H,20,21). The minimum absolute atomic E-state index is 0.120. The number of anilines is 1. The Morgan fingerprint density at radius 3 is 2.28 bits per heavy atom. The van der Waals surface area contributed by atoms with Crippen molar-refractivity contribution in [2.45, 2.75) is 0 Å². The summed E-state index contributed by atoms with van der Waals surface area (Å²) in [6, 6.07) is 15.3. The van der Waals surface area contributed by atoms with E-state index in [1.807, 2.05) is 18.2 Å². The van der Waals surface area contributed by atoms with Gasteiger partial charge in [-0.25, -0.2) is 0 Å². The Bertz CT molecular complexity index is 729. The van der Waals surface area contributed by atoms with Crippen molar-refractivity contribution in [1.29, 1.82) is 0 Å². The Morgan fingerprint density at radius 2 is 1.64 bits per heavy atom. The normalized spacial score (nSPS) is 9.80. The average Bonchev–Trinajstić information content (AvgIpc) is 2.65. The zero-order valence-corrected chi connectivity index (χ0v) is 13.7. The van der Waals surface area contributed by atoms with E-state index in [0.29, 0.717) is 17.0 Å². The van der Waals surface area contributed by atoms with Crippen LogP contribution in [0.1, 0.15) is 10.4 Å². The zero-order valence-electron chi connectivity index (χ0n) is 13.7. The first-order chi connectivity index (χ1) is 12.1. The molecule has 0 heterocycles. The van der Waals surface area contributed by atoms with Crippen molar-refractivity contribution < 1.29 is 23.9 Å². The highest BCUT2D eigenvalue weighted by Gasteiger charge is 2.09. The van der Waals surface area contributed by atoms with E-state index in [-0.39, 0.29) is 19.1 Å². The third-order valence-electron chi connectivity index (χ3n) is 3.16. The predicted octanol–water partition coefficient (Wildman–Crippen LogP) is 1.61. The SMILES string of the molecule is COC(=O)CNC(=O)c1ccc(NC(=O)COc2ccccc2)cc1. The monoisotopic (exact) mass is 342 g/mol. The van der Waals surface area contributed by atoms with E-state index in [0.717, 1.165) is 0 Å². The van der Waals surface area contributed by atoms with Crippen molar-refractivity contribution >= 4 is 23.5 Å². The number of carbonyl (C=O) groups is 3. The van der Waals surface area contributed by atoms with Gasteiger partial charge in [-0.2, -0.15) is 0 Å². The van der Waals surface area contributed by atoms with Crippen LogP contribution in [0.5, 0.6) is 5.75 Å². The molecule has 2 amide bonds. The Balaban J connectivity index is 1.82. The molecular weight excluding hydrogens is 324 g/mol. The summed E-state index contributed by atoms with van der Waals surface area (Å²) in [4.78, 5) is 34.7. The maximum atomic E-state index is 11.8. The molecule has 25 heavy (non-hydrogen) atoms. The number of ether oxygens (including phenoxy) is 2. The van der Waals surface area contributed by atoms with E-state index in [1.165, 1.54) is 7.11 Å². The molecule has 0 saturated heterocycles. The Hall–Kier alpha value is -3.35. The van der Waals surface area contributed by atoms with Crippen LogP contribution in [0.3, 0.4) is 0 Å². The van der Waals surface area contributed by atoms with E-state index in [9.17, 15) is 14.4 Å². The number of hydrogen-bond acceptors (Lipinski definition) is 5. The molecule has 2 rings (SSSR count). The summed E-state index contributed by atoms with van der Waals surface area (Å²) >= 11 is 0. The Labute approximate surface area is 144 Å². The summed E-state index contributed by atoms with van der Waals surface area (Å²) in [7, 11) is 1.24. The lowest BCUT2D eigenvalue weighted by Crippen LogP contribution is -2.30.